The first-order valence-corrected chi connectivity index (χ1v) is 5.36. The predicted octanol–water partition coefficient (Wildman–Crippen LogP) is 2.31. The van der Waals surface area contributed by atoms with Crippen molar-refractivity contribution < 1.29 is 4.79 Å². The van der Waals surface area contributed by atoms with Gasteiger partial charge in [-0.3, -0.25) is 4.79 Å². The molecule has 0 aliphatic carbocycles. The van der Waals surface area contributed by atoms with Crippen LogP contribution in [0.15, 0.2) is 17.2 Å². The van der Waals surface area contributed by atoms with E-state index in [1.165, 1.54) is 5.01 Å². The number of rotatable bonds is 1. The van der Waals surface area contributed by atoms with Crippen LogP contribution in [-0.2, 0) is 4.79 Å². The number of amides is 1. The predicted molar refractivity (Wildman–Crippen MR) is 64.9 cm³/mol. The number of hydrogen-bond acceptors (Lipinski definition) is 3. The molecule has 0 saturated heterocycles. The average molecular weight is 258 g/mol. The third-order valence-corrected chi connectivity index (χ3v) is 3.09. The van der Waals surface area contributed by atoms with E-state index < -0.39 is 0 Å². The molecule has 1 aliphatic rings. The molecule has 0 radical (unpaired) electrons. The Bertz CT molecular complexity index is 476. The van der Waals surface area contributed by atoms with Gasteiger partial charge in [-0.1, -0.05) is 23.2 Å². The Hall–Kier alpha value is -1.26. The smallest absolute Gasteiger partial charge is 0.255 e. The van der Waals surface area contributed by atoms with Crippen molar-refractivity contribution in [3.05, 3.63) is 27.7 Å². The van der Waals surface area contributed by atoms with Crippen LogP contribution >= 0.6 is 23.2 Å². The van der Waals surface area contributed by atoms with Gasteiger partial charge in [0.1, 0.15) is 5.84 Å². The molecule has 2 N–H and O–H groups in total. The lowest BCUT2D eigenvalue weighted by molar-refractivity contribution is -0.116. The van der Waals surface area contributed by atoms with Gasteiger partial charge in [-0.2, -0.15) is 10.1 Å². The van der Waals surface area contributed by atoms with Gasteiger partial charge in [-0.15, -0.1) is 0 Å². The Labute approximate surface area is 103 Å². The quantitative estimate of drug-likeness (QED) is 0.840. The summed E-state index contributed by atoms with van der Waals surface area (Å²) in [6.45, 7) is 1.80. The number of carbonyl (C=O) groups excluding carboxylic acids is 1. The summed E-state index contributed by atoms with van der Waals surface area (Å²) in [4.78, 5) is 11.5. The molecule has 0 saturated carbocycles. The summed E-state index contributed by atoms with van der Waals surface area (Å²) in [6.07, 6.45) is 0.128. The van der Waals surface area contributed by atoms with Gasteiger partial charge in [0.15, 0.2) is 0 Å². The highest BCUT2D eigenvalue weighted by molar-refractivity contribution is 6.36. The van der Waals surface area contributed by atoms with E-state index in [9.17, 15) is 4.79 Å². The van der Waals surface area contributed by atoms with Crippen LogP contribution in [0, 0.1) is 6.92 Å². The SMILES string of the molecule is Cc1c(Cl)cc(N2N=C(N)CC2=O)cc1Cl. The molecule has 1 aliphatic heterocycles. The molecule has 4 nitrogen and oxygen atoms in total. The topological polar surface area (TPSA) is 58.7 Å². The van der Waals surface area contributed by atoms with Crippen LogP contribution in [0.3, 0.4) is 0 Å². The molecular weight excluding hydrogens is 249 g/mol. The van der Waals surface area contributed by atoms with Gasteiger partial charge in [0.05, 0.1) is 12.1 Å². The fraction of sp³-hybridized carbons (Fsp3) is 0.200. The average Bonchev–Trinajstić information content (AvgIpc) is 2.53. The Morgan fingerprint density at radius 3 is 2.38 bits per heavy atom. The number of carbonyl (C=O) groups is 1. The van der Waals surface area contributed by atoms with Gasteiger partial charge in [0.2, 0.25) is 0 Å². The molecule has 1 aromatic rings. The molecule has 0 bridgehead atoms. The highest BCUT2D eigenvalue weighted by Gasteiger charge is 2.24. The van der Waals surface area contributed by atoms with Crippen LogP contribution in [0.5, 0.6) is 0 Å². The first-order chi connectivity index (χ1) is 7.49. The Kier molecular flexibility index (Phi) is 2.78. The van der Waals surface area contributed by atoms with E-state index in [1.807, 2.05) is 0 Å². The zero-order valence-electron chi connectivity index (χ0n) is 8.50. The van der Waals surface area contributed by atoms with Crippen molar-refractivity contribution in [2.75, 3.05) is 5.01 Å². The highest BCUT2D eigenvalue weighted by atomic mass is 35.5. The molecule has 0 unspecified atom stereocenters. The minimum absolute atomic E-state index is 0.128. The molecular formula is C10H9Cl2N3O. The van der Waals surface area contributed by atoms with Crippen molar-refractivity contribution in [3.8, 4) is 0 Å². The van der Waals surface area contributed by atoms with Gasteiger partial charge in [0.25, 0.3) is 5.91 Å². The summed E-state index contributed by atoms with van der Waals surface area (Å²) in [5, 5.41) is 6.12. The number of amidine groups is 1. The molecule has 1 heterocycles. The van der Waals surface area contributed by atoms with Crippen LogP contribution in [-0.4, -0.2) is 11.7 Å². The van der Waals surface area contributed by atoms with Crippen molar-refractivity contribution in [3.63, 3.8) is 0 Å². The lowest BCUT2D eigenvalue weighted by Crippen LogP contribution is -2.19. The number of nitrogens with two attached hydrogens (primary N) is 1. The molecule has 0 atom stereocenters. The van der Waals surface area contributed by atoms with Crippen molar-refractivity contribution in [2.45, 2.75) is 13.3 Å². The molecule has 0 aromatic heterocycles. The van der Waals surface area contributed by atoms with Crippen LogP contribution in [0.1, 0.15) is 12.0 Å². The monoisotopic (exact) mass is 257 g/mol. The molecule has 2 rings (SSSR count). The largest absolute Gasteiger partial charge is 0.385 e. The third kappa shape index (κ3) is 1.86. The zero-order valence-corrected chi connectivity index (χ0v) is 10.0. The van der Waals surface area contributed by atoms with Gasteiger partial charge in [-0.25, -0.2) is 0 Å². The summed E-state index contributed by atoms with van der Waals surface area (Å²) in [6, 6.07) is 3.28. The lowest BCUT2D eigenvalue weighted by Gasteiger charge is -2.13. The van der Waals surface area contributed by atoms with E-state index in [2.05, 4.69) is 5.10 Å². The van der Waals surface area contributed by atoms with Gasteiger partial charge in [-0.05, 0) is 24.6 Å². The number of hydrogen-bond donors (Lipinski definition) is 1. The maximum absolute atomic E-state index is 11.5. The second-order valence-corrected chi connectivity index (χ2v) is 4.32. The van der Waals surface area contributed by atoms with E-state index in [4.69, 9.17) is 28.9 Å². The van der Waals surface area contributed by atoms with E-state index in [-0.39, 0.29) is 18.2 Å². The minimum Gasteiger partial charge on any atom is -0.385 e. The first kappa shape index (κ1) is 11.2. The fourth-order valence-corrected chi connectivity index (χ4v) is 1.88. The Balaban J connectivity index is 2.46. The number of hydrazone groups is 1. The van der Waals surface area contributed by atoms with E-state index in [0.717, 1.165) is 5.56 Å². The molecule has 6 heteroatoms. The molecule has 16 heavy (non-hydrogen) atoms. The maximum atomic E-state index is 11.5. The number of nitrogens with zero attached hydrogens (tertiary/aromatic N) is 2. The van der Waals surface area contributed by atoms with E-state index >= 15 is 0 Å². The molecule has 1 aromatic carbocycles. The molecule has 84 valence electrons. The van der Waals surface area contributed by atoms with Gasteiger partial charge < -0.3 is 5.73 Å². The first-order valence-electron chi connectivity index (χ1n) is 4.60. The number of benzene rings is 1. The standard InChI is InChI=1S/C10H9Cl2N3O/c1-5-7(11)2-6(3-8(5)12)15-10(16)4-9(13)14-15/h2-3H,4H2,1H3,(H2,13,14). The summed E-state index contributed by atoms with van der Waals surface area (Å²) in [5.41, 5.74) is 6.79. The number of anilines is 1. The normalized spacial score (nSPS) is 15.6. The fourth-order valence-electron chi connectivity index (χ4n) is 1.41. The van der Waals surface area contributed by atoms with E-state index in [0.29, 0.717) is 15.7 Å². The van der Waals surface area contributed by atoms with Crippen LogP contribution < -0.4 is 10.7 Å². The van der Waals surface area contributed by atoms with Crippen LogP contribution in [0.25, 0.3) is 0 Å². The summed E-state index contributed by atoms with van der Waals surface area (Å²) >= 11 is 12.0. The maximum Gasteiger partial charge on any atom is 0.255 e. The van der Waals surface area contributed by atoms with Crippen LogP contribution in [0.4, 0.5) is 5.69 Å². The zero-order chi connectivity index (χ0) is 11.9. The molecule has 0 fully saturated rings. The second-order valence-electron chi connectivity index (χ2n) is 3.51. The summed E-state index contributed by atoms with van der Waals surface area (Å²) in [5.74, 6) is 0.103. The summed E-state index contributed by atoms with van der Waals surface area (Å²) < 4.78 is 0. The highest BCUT2D eigenvalue weighted by Crippen LogP contribution is 2.31. The van der Waals surface area contributed by atoms with Crippen molar-refractivity contribution in [1.29, 1.82) is 0 Å². The van der Waals surface area contributed by atoms with Crippen molar-refractivity contribution in [1.82, 2.24) is 0 Å². The molecule has 0 spiro atoms. The minimum atomic E-state index is -0.187. The Morgan fingerprint density at radius 2 is 1.94 bits per heavy atom. The van der Waals surface area contributed by atoms with Crippen molar-refractivity contribution >= 4 is 40.6 Å². The summed E-state index contributed by atoms with van der Waals surface area (Å²) in [7, 11) is 0. The van der Waals surface area contributed by atoms with E-state index in [1.54, 1.807) is 19.1 Å². The van der Waals surface area contributed by atoms with Gasteiger partial charge >= 0.3 is 0 Å². The van der Waals surface area contributed by atoms with Crippen LogP contribution in [0.2, 0.25) is 10.0 Å². The van der Waals surface area contributed by atoms with Gasteiger partial charge in [0, 0.05) is 10.0 Å². The molecule has 1 amide bonds. The lowest BCUT2D eigenvalue weighted by atomic mass is 10.2. The van der Waals surface area contributed by atoms with Crippen molar-refractivity contribution in [2.24, 2.45) is 10.8 Å². The second kappa shape index (κ2) is 3.96. The third-order valence-electron chi connectivity index (χ3n) is 2.31. The number of halogens is 2. The Morgan fingerprint density at radius 1 is 1.38 bits per heavy atom.